The van der Waals surface area contributed by atoms with Crippen molar-refractivity contribution >= 4 is 29.1 Å². The minimum atomic E-state index is -0.493. The van der Waals surface area contributed by atoms with Crippen molar-refractivity contribution in [3.8, 4) is 0 Å². The van der Waals surface area contributed by atoms with Gasteiger partial charge in [0.2, 0.25) is 0 Å². The number of urea groups is 1. The van der Waals surface area contributed by atoms with Gasteiger partial charge in [0, 0.05) is 5.57 Å². The number of hydrogen-bond acceptors (Lipinski definition) is 5. The van der Waals surface area contributed by atoms with E-state index in [-0.39, 0.29) is 19.2 Å². The van der Waals surface area contributed by atoms with E-state index in [0.717, 1.165) is 0 Å². The molecule has 0 bridgehead atoms. The van der Waals surface area contributed by atoms with Gasteiger partial charge in [0.25, 0.3) is 0 Å². The third kappa shape index (κ3) is 4.07. The first-order valence-electron chi connectivity index (χ1n) is 6.29. The molecule has 0 spiro atoms. The van der Waals surface area contributed by atoms with Gasteiger partial charge in [0.1, 0.15) is 12.1 Å². The summed E-state index contributed by atoms with van der Waals surface area (Å²) in [5.41, 5.74) is 1.55. The molecule has 7 heteroatoms. The molecule has 110 valence electrons. The molecule has 0 aliphatic carbocycles. The van der Waals surface area contributed by atoms with Gasteiger partial charge in [-0.1, -0.05) is 18.7 Å². The number of carbonyl (C=O) groups excluding carboxylic acids is 2. The number of nitrogens with zero attached hydrogens (tertiary/aromatic N) is 1. The van der Waals surface area contributed by atoms with Gasteiger partial charge in [0.15, 0.2) is 5.58 Å². The zero-order chi connectivity index (χ0) is 15.2. The highest BCUT2D eigenvalue weighted by Crippen LogP contribution is 2.17. The molecule has 0 saturated heterocycles. The summed E-state index contributed by atoms with van der Waals surface area (Å²) in [5, 5.41) is 4.97. The molecule has 0 fully saturated rings. The summed E-state index contributed by atoms with van der Waals surface area (Å²) in [6.45, 7) is 5.24. The second kappa shape index (κ2) is 6.56. The van der Waals surface area contributed by atoms with Crippen LogP contribution in [0.2, 0.25) is 0 Å². The number of ether oxygens (including phenoxy) is 1. The third-order valence-corrected chi connectivity index (χ3v) is 2.48. The van der Waals surface area contributed by atoms with Crippen LogP contribution in [0, 0.1) is 0 Å². The van der Waals surface area contributed by atoms with Crippen molar-refractivity contribution < 1.29 is 18.7 Å². The number of fused-ring (bicyclic) bond motifs is 1. The maximum absolute atomic E-state index is 11.6. The van der Waals surface area contributed by atoms with E-state index in [1.165, 1.54) is 0 Å². The van der Waals surface area contributed by atoms with Crippen LogP contribution in [0.4, 0.5) is 10.8 Å². The highest BCUT2D eigenvalue weighted by atomic mass is 16.5. The van der Waals surface area contributed by atoms with Crippen molar-refractivity contribution in [1.29, 1.82) is 0 Å². The minimum absolute atomic E-state index is 0.0622. The van der Waals surface area contributed by atoms with Gasteiger partial charge in [0.05, 0.1) is 6.54 Å². The standard InChI is InChI=1S/C14H15N3O4/c1-9(2)12(18)20-8-7-15-13(19)17-14-16-10-5-3-4-6-11(10)21-14/h3-6H,1,7-8H2,2H3,(H2,15,16,17,19). The number of anilines is 1. The van der Waals surface area contributed by atoms with Gasteiger partial charge in [-0.25, -0.2) is 9.59 Å². The average molecular weight is 289 g/mol. The molecule has 21 heavy (non-hydrogen) atoms. The molecule has 0 atom stereocenters. The maximum Gasteiger partial charge on any atom is 0.333 e. The molecule has 7 nitrogen and oxygen atoms in total. The maximum atomic E-state index is 11.6. The van der Waals surface area contributed by atoms with Crippen LogP contribution in [0.3, 0.4) is 0 Å². The smallest absolute Gasteiger partial charge is 0.333 e. The van der Waals surface area contributed by atoms with Crippen molar-refractivity contribution in [3.05, 3.63) is 36.4 Å². The molecule has 0 saturated carbocycles. The molecule has 0 aliphatic heterocycles. The normalized spacial score (nSPS) is 10.1. The Hall–Kier alpha value is -2.83. The highest BCUT2D eigenvalue weighted by molar-refractivity contribution is 5.89. The second-order valence-electron chi connectivity index (χ2n) is 4.28. The van der Waals surface area contributed by atoms with Crippen molar-refractivity contribution in [3.63, 3.8) is 0 Å². The summed E-state index contributed by atoms with van der Waals surface area (Å²) in [6.07, 6.45) is 0. The van der Waals surface area contributed by atoms with Crippen molar-refractivity contribution in [2.45, 2.75) is 6.92 Å². The van der Waals surface area contributed by atoms with E-state index in [1.807, 2.05) is 12.1 Å². The number of aromatic nitrogens is 1. The predicted molar refractivity (Wildman–Crippen MR) is 76.8 cm³/mol. The molecule has 2 rings (SSSR count). The lowest BCUT2D eigenvalue weighted by Gasteiger charge is -2.06. The topological polar surface area (TPSA) is 93.5 Å². The van der Waals surface area contributed by atoms with E-state index in [1.54, 1.807) is 19.1 Å². The molecule has 1 aromatic heterocycles. The molecular weight excluding hydrogens is 274 g/mol. The zero-order valence-electron chi connectivity index (χ0n) is 11.5. The SMILES string of the molecule is C=C(C)C(=O)OCCNC(=O)Nc1nc2ccccc2o1. The lowest BCUT2D eigenvalue weighted by atomic mass is 10.3. The Labute approximate surface area is 121 Å². The Morgan fingerprint density at radius 2 is 2.14 bits per heavy atom. The number of hydrogen-bond donors (Lipinski definition) is 2. The Morgan fingerprint density at radius 3 is 2.86 bits per heavy atom. The second-order valence-corrected chi connectivity index (χ2v) is 4.28. The van der Waals surface area contributed by atoms with E-state index in [2.05, 4.69) is 22.2 Å². The van der Waals surface area contributed by atoms with Crippen LogP contribution >= 0.6 is 0 Å². The van der Waals surface area contributed by atoms with Gasteiger partial charge in [-0.05, 0) is 19.1 Å². The Morgan fingerprint density at radius 1 is 1.38 bits per heavy atom. The summed E-state index contributed by atoms with van der Waals surface area (Å²) < 4.78 is 10.2. The average Bonchev–Trinajstić information content (AvgIpc) is 2.85. The molecule has 2 N–H and O–H groups in total. The van der Waals surface area contributed by atoms with E-state index in [0.29, 0.717) is 16.7 Å². The summed E-state index contributed by atoms with van der Waals surface area (Å²) >= 11 is 0. The van der Waals surface area contributed by atoms with Crippen LogP contribution in [-0.4, -0.2) is 30.1 Å². The lowest BCUT2D eigenvalue weighted by molar-refractivity contribution is -0.138. The number of oxazole rings is 1. The number of carbonyl (C=O) groups is 2. The monoisotopic (exact) mass is 289 g/mol. The van der Waals surface area contributed by atoms with Gasteiger partial charge in [-0.2, -0.15) is 4.98 Å². The molecule has 1 aromatic carbocycles. The largest absolute Gasteiger partial charge is 0.460 e. The van der Waals surface area contributed by atoms with Gasteiger partial charge in [-0.15, -0.1) is 0 Å². The van der Waals surface area contributed by atoms with Gasteiger partial charge >= 0.3 is 18.0 Å². The van der Waals surface area contributed by atoms with Crippen LogP contribution in [0.5, 0.6) is 0 Å². The Bertz CT molecular complexity index is 645. The molecule has 2 aromatic rings. The van der Waals surface area contributed by atoms with E-state index < -0.39 is 12.0 Å². The first kappa shape index (κ1) is 14.6. The molecule has 0 aliphatic rings. The van der Waals surface area contributed by atoms with E-state index in [9.17, 15) is 9.59 Å². The van der Waals surface area contributed by atoms with Crippen molar-refractivity contribution in [2.75, 3.05) is 18.5 Å². The van der Waals surface area contributed by atoms with Crippen LogP contribution < -0.4 is 10.6 Å². The Kier molecular flexibility index (Phi) is 4.55. The minimum Gasteiger partial charge on any atom is -0.460 e. The molecule has 0 unspecified atom stereocenters. The molecule has 0 radical (unpaired) electrons. The third-order valence-electron chi connectivity index (χ3n) is 2.48. The fraction of sp³-hybridized carbons (Fsp3) is 0.214. The van der Waals surface area contributed by atoms with E-state index in [4.69, 9.17) is 9.15 Å². The highest BCUT2D eigenvalue weighted by Gasteiger charge is 2.09. The van der Waals surface area contributed by atoms with Gasteiger partial charge < -0.3 is 14.5 Å². The molecule has 1 heterocycles. The summed E-state index contributed by atoms with van der Waals surface area (Å²) in [5.74, 6) is -0.490. The van der Waals surface area contributed by atoms with Gasteiger partial charge in [-0.3, -0.25) is 5.32 Å². The number of amides is 2. The Balaban J connectivity index is 1.77. The van der Waals surface area contributed by atoms with Crippen molar-refractivity contribution in [2.24, 2.45) is 0 Å². The number of benzene rings is 1. The first-order valence-corrected chi connectivity index (χ1v) is 6.29. The number of rotatable bonds is 5. The van der Waals surface area contributed by atoms with Crippen LogP contribution in [0.1, 0.15) is 6.92 Å². The summed E-state index contributed by atoms with van der Waals surface area (Å²) in [6, 6.07) is 6.78. The van der Waals surface area contributed by atoms with Crippen molar-refractivity contribution in [1.82, 2.24) is 10.3 Å². The fourth-order valence-electron chi connectivity index (χ4n) is 1.50. The zero-order valence-corrected chi connectivity index (χ0v) is 11.5. The fourth-order valence-corrected chi connectivity index (χ4v) is 1.50. The predicted octanol–water partition coefficient (Wildman–Crippen LogP) is 2.07. The van der Waals surface area contributed by atoms with E-state index >= 15 is 0 Å². The molecule has 2 amide bonds. The lowest BCUT2D eigenvalue weighted by Crippen LogP contribution is -2.32. The quantitative estimate of drug-likeness (QED) is 0.499. The number of esters is 1. The van der Waals surface area contributed by atoms with Crippen LogP contribution in [0.15, 0.2) is 40.8 Å². The number of nitrogens with one attached hydrogen (secondary N) is 2. The first-order chi connectivity index (χ1) is 10.1. The number of para-hydroxylation sites is 2. The van der Waals surface area contributed by atoms with Crippen LogP contribution in [-0.2, 0) is 9.53 Å². The molecular formula is C14H15N3O4. The summed E-state index contributed by atoms with van der Waals surface area (Å²) in [7, 11) is 0. The summed E-state index contributed by atoms with van der Waals surface area (Å²) in [4.78, 5) is 26.8. The van der Waals surface area contributed by atoms with Crippen LogP contribution in [0.25, 0.3) is 11.1 Å².